The normalized spacial score (nSPS) is 15.6. The van der Waals surface area contributed by atoms with E-state index in [4.69, 9.17) is 0 Å². The Morgan fingerprint density at radius 3 is 2.40 bits per heavy atom. The van der Waals surface area contributed by atoms with Crippen LogP contribution in [-0.2, 0) is 6.42 Å². The summed E-state index contributed by atoms with van der Waals surface area (Å²) < 4.78 is 13.2. The summed E-state index contributed by atoms with van der Waals surface area (Å²) in [6.07, 6.45) is 7.45. The summed E-state index contributed by atoms with van der Waals surface area (Å²) in [6, 6.07) is 10.4. The molecule has 3 N–H and O–H groups in total. The first-order valence-corrected chi connectivity index (χ1v) is 8.95. The molecule has 0 spiro atoms. The fourth-order valence-corrected chi connectivity index (χ4v) is 3.80. The molecule has 4 nitrogen and oxygen atoms in total. The van der Waals surface area contributed by atoms with Gasteiger partial charge in [0.2, 0.25) is 0 Å². The maximum atomic E-state index is 13.2. The van der Waals surface area contributed by atoms with Gasteiger partial charge >= 0.3 is 5.69 Å². The van der Waals surface area contributed by atoms with Gasteiger partial charge in [0.15, 0.2) is 0 Å². The van der Waals surface area contributed by atoms with Gasteiger partial charge in [0, 0.05) is 11.4 Å². The number of fused-ring (bicyclic) bond motifs is 1. The van der Waals surface area contributed by atoms with Gasteiger partial charge in [-0.15, -0.1) is 0 Å². The van der Waals surface area contributed by atoms with Crippen LogP contribution >= 0.6 is 0 Å². The predicted octanol–water partition coefficient (Wildman–Crippen LogP) is 4.86. The maximum Gasteiger partial charge on any atom is 0.323 e. The minimum atomic E-state index is -0.251. The average Bonchev–Trinajstić information content (AvgIpc) is 2.97. The lowest BCUT2D eigenvalue weighted by atomic mass is 9.84. The highest BCUT2D eigenvalue weighted by molar-refractivity contribution is 5.82. The number of hydrogen-bond donors (Lipinski definition) is 3. The van der Waals surface area contributed by atoms with Gasteiger partial charge in [0.05, 0.1) is 11.0 Å². The number of H-pyrrole nitrogens is 2. The second-order valence-electron chi connectivity index (χ2n) is 6.97. The first-order valence-electron chi connectivity index (χ1n) is 8.95. The SMILES string of the molecule is O=c1[nH]c2cc(CC3CCCCC3)c(Nc3ccc(F)cc3)cc2[nH]1. The van der Waals surface area contributed by atoms with Crippen molar-refractivity contribution in [3.63, 3.8) is 0 Å². The molecule has 0 amide bonds. The van der Waals surface area contributed by atoms with Crippen LogP contribution in [0.4, 0.5) is 15.8 Å². The first-order chi connectivity index (χ1) is 12.2. The van der Waals surface area contributed by atoms with Gasteiger partial charge in [0.1, 0.15) is 5.82 Å². The highest BCUT2D eigenvalue weighted by Crippen LogP contribution is 2.32. The Hall–Kier alpha value is -2.56. The van der Waals surface area contributed by atoms with E-state index in [0.717, 1.165) is 28.8 Å². The maximum absolute atomic E-state index is 13.2. The number of anilines is 2. The van der Waals surface area contributed by atoms with Crippen molar-refractivity contribution in [2.24, 2.45) is 5.92 Å². The van der Waals surface area contributed by atoms with Crippen molar-refractivity contribution in [2.75, 3.05) is 5.32 Å². The Labute approximate surface area is 145 Å². The number of aromatic amines is 2. The van der Waals surface area contributed by atoms with Crippen molar-refractivity contribution in [3.05, 3.63) is 58.3 Å². The van der Waals surface area contributed by atoms with Gasteiger partial charge in [-0.25, -0.2) is 9.18 Å². The number of nitrogens with one attached hydrogen (secondary N) is 3. The van der Waals surface area contributed by atoms with Crippen molar-refractivity contribution in [1.82, 2.24) is 9.97 Å². The predicted molar refractivity (Wildman–Crippen MR) is 98.9 cm³/mol. The lowest BCUT2D eigenvalue weighted by Crippen LogP contribution is -2.10. The number of imidazole rings is 1. The van der Waals surface area contributed by atoms with Gasteiger partial charge < -0.3 is 15.3 Å². The van der Waals surface area contributed by atoms with Crippen molar-refractivity contribution >= 4 is 22.4 Å². The van der Waals surface area contributed by atoms with Gasteiger partial charge in [-0.2, -0.15) is 0 Å². The largest absolute Gasteiger partial charge is 0.355 e. The van der Waals surface area contributed by atoms with E-state index in [-0.39, 0.29) is 11.5 Å². The Kier molecular flexibility index (Phi) is 4.30. The monoisotopic (exact) mass is 339 g/mol. The summed E-state index contributed by atoms with van der Waals surface area (Å²) in [4.78, 5) is 17.3. The van der Waals surface area contributed by atoms with Gasteiger partial charge in [-0.05, 0) is 54.3 Å². The molecule has 1 saturated carbocycles. The Morgan fingerprint density at radius 1 is 1.00 bits per heavy atom. The zero-order chi connectivity index (χ0) is 17.2. The number of hydrogen-bond acceptors (Lipinski definition) is 2. The lowest BCUT2D eigenvalue weighted by molar-refractivity contribution is 0.357. The van der Waals surface area contributed by atoms with Crippen molar-refractivity contribution < 1.29 is 4.39 Å². The van der Waals surface area contributed by atoms with Gasteiger partial charge in [0.25, 0.3) is 0 Å². The molecule has 25 heavy (non-hydrogen) atoms. The molecule has 0 bridgehead atoms. The molecule has 3 aromatic rings. The lowest BCUT2D eigenvalue weighted by Gasteiger charge is -2.23. The fraction of sp³-hybridized carbons (Fsp3) is 0.350. The summed E-state index contributed by atoms with van der Waals surface area (Å²) in [5.41, 5.74) is 4.42. The third kappa shape index (κ3) is 3.60. The minimum absolute atomic E-state index is 0.197. The van der Waals surface area contributed by atoms with E-state index >= 15 is 0 Å². The van der Waals surface area contributed by atoms with E-state index in [1.165, 1.54) is 49.8 Å². The second kappa shape index (κ2) is 6.75. The molecule has 2 aromatic carbocycles. The zero-order valence-corrected chi connectivity index (χ0v) is 14.1. The molecule has 5 heteroatoms. The summed E-state index contributed by atoms with van der Waals surface area (Å²) in [5, 5.41) is 3.39. The Balaban J connectivity index is 1.69. The number of aromatic nitrogens is 2. The Morgan fingerprint density at radius 2 is 1.68 bits per heavy atom. The van der Waals surface area contributed by atoms with Crippen LogP contribution in [0.3, 0.4) is 0 Å². The van der Waals surface area contributed by atoms with Crippen molar-refractivity contribution in [2.45, 2.75) is 38.5 Å². The Bertz CT molecular complexity index is 920. The molecule has 1 aliphatic carbocycles. The van der Waals surface area contributed by atoms with Crippen LogP contribution in [0, 0.1) is 11.7 Å². The van der Waals surface area contributed by atoms with Crippen molar-refractivity contribution in [3.8, 4) is 0 Å². The van der Waals surface area contributed by atoms with Crippen molar-refractivity contribution in [1.29, 1.82) is 0 Å². The molecular formula is C20H22FN3O. The van der Waals surface area contributed by atoms with Crippen LogP contribution in [-0.4, -0.2) is 9.97 Å². The van der Waals surface area contributed by atoms with E-state index in [1.807, 2.05) is 6.07 Å². The third-order valence-corrected chi connectivity index (χ3v) is 5.10. The molecule has 1 aliphatic rings. The standard InChI is InChI=1S/C20H22FN3O/c21-15-6-8-16(9-7-15)22-17-12-19-18(23-20(25)24-19)11-14(17)10-13-4-2-1-3-5-13/h6-9,11-13,22H,1-5,10H2,(H2,23,24,25). The fourth-order valence-electron chi connectivity index (χ4n) is 3.80. The topological polar surface area (TPSA) is 60.7 Å². The van der Waals surface area contributed by atoms with E-state index in [0.29, 0.717) is 5.92 Å². The number of benzene rings is 2. The summed E-state index contributed by atoms with van der Waals surface area (Å²) in [7, 11) is 0. The third-order valence-electron chi connectivity index (χ3n) is 5.10. The van der Waals surface area contributed by atoms with E-state index in [1.54, 1.807) is 12.1 Å². The molecule has 1 fully saturated rings. The van der Waals surface area contributed by atoms with Crippen LogP contribution in [0.5, 0.6) is 0 Å². The molecule has 0 atom stereocenters. The second-order valence-corrected chi connectivity index (χ2v) is 6.97. The first kappa shape index (κ1) is 15.9. The van der Waals surface area contributed by atoms with Crippen LogP contribution in [0.15, 0.2) is 41.2 Å². The summed E-state index contributed by atoms with van der Waals surface area (Å²) >= 11 is 0. The molecule has 0 saturated heterocycles. The molecule has 0 unspecified atom stereocenters. The molecule has 1 heterocycles. The minimum Gasteiger partial charge on any atom is -0.355 e. The summed E-state index contributed by atoms with van der Waals surface area (Å²) in [6.45, 7) is 0. The highest BCUT2D eigenvalue weighted by Gasteiger charge is 2.17. The smallest absolute Gasteiger partial charge is 0.323 e. The van der Waals surface area contributed by atoms with E-state index in [2.05, 4.69) is 21.4 Å². The molecular weight excluding hydrogens is 317 g/mol. The molecule has 4 rings (SSSR count). The van der Waals surface area contributed by atoms with E-state index < -0.39 is 0 Å². The molecule has 0 aliphatic heterocycles. The van der Waals surface area contributed by atoms with Crippen LogP contribution in [0.2, 0.25) is 0 Å². The molecule has 0 radical (unpaired) electrons. The number of halogens is 1. The van der Waals surface area contributed by atoms with Crippen LogP contribution in [0.25, 0.3) is 11.0 Å². The molecule has 1 aromatic heterocycles. The van der Waals surface area contributed by atoms with Gasteiger partial charge in [-0.1, -0.05) is 32.1 Å². The average molecular weight is 339 g/mol. The van der Waals surface area contributed by atoms with Crippen LogP contribution in [0.1, 0.15) is 37.7 Å². The van der Waals surface area contributed by atoms with E-state index in [9.17, 15) is 9.18 Å². The quantitative estimate of drug-likeness (QED) is 0.635. The van der Waals surface area contributed by atoms with Gasteiger partial charge in [-0.3, -0.25) is 0 Å². The zero-order valence-electron chi connectivity index (χ0n) is 14.1. The number of rotatable bonds is 4. The molecule has 130 valence electrons. The summed E-state index contributed by atoms with van der Waals surface area (Å²) in [5.74, 6) is 0.434. The highest BCUT2D eigenvalue weighted by atomic mass is 19.1. The van der Waals surface area contributed by atoms with Crippen LogP contribution < -0.4 is 11.0 Å².